The molecule has 0 saturated heterocycles. The van der Waals surface area contributed by atoms with Crippen molar-refractivity contribution in [1.82, 2.24) is 4.90 Å². The number of Topliss-reactive ketones (excluding diaryl/α,β-unsaturated/α-hetero) is 1. The minimum Gasteiger partial charge on any atom is -0.306 e. The summed E-state index contributed by atoms with van der Waals surface area (Å²) in [5.74, 6) is 0.297. The van der Waals surface area contributed by atoms with Gasteiger partial charge in [0.1, 0.15) is 5.78 Å². The molecule has 0 N–H and O–H groups in total. The zero-order valence-corrected chi connectivity index (χ0v) is 8.05. The van der Waals surface area contributed by atoms with E-state index < -0.39 is 0 Å². The van der Waals surface area contributed by atoms with Crippen molar-refractivity contribution in [3.8, 4) is 0 Å². The van der Waals surface area contributed by atoms with Crippen molar-refractivity contribution in [2.45, 2.75) is 39.2 Å². The predicted octanol–water partition coefficient (Wildman–Crippen LogP) is 1.70. The van der Waals surface area contributed by atoms with E-state index in [1.165, 1.54) is 0 Å². The van der Waals surface area contributed by atoms with Crippen molar-refractivity contribution in [3.63, 3.8) is 0 Å². The van der Waals surface area contributed by atoms with Crippen LogP contribution >= 0.6 is 0 Å². The van der Waals surface area contributed by atoms with E-state index in [4.69, 9.17) is 0 Å². The van der Waals surface area contributed by atoms with Crippen LogP contribution in [0.2, 0.25) is 0 Å². The molecule has 2 heteroatoms. The van der Waals surface area contributed by atoms with Crippen LogP contribution in [0.5, 0.6) is 0 Å². The number of rotatable bonds is 5. The first-order valence-corrected chi connectivity index (χ1v) is 4.23. The lowest BCUT2D eigenvalue weighted by Gasteiger charge is -2.21. The lowest BCUT2D eigenvalue weighted by molar-refractivity contribution is -0.117. The molecule has 0 aliphatic heterocycles. The van der Waals surface area contributed by atoms with Crippen LogP contribution in [-0.2, 0) is 4.79 Å². The summed E-state index contributed by atoms with van der Waals surface area (Å²) in [5, 5.41) is 0. The van der Waals surface area contributed by atoms with Gasteiger partial charge >= 0.3 is 0 Å². The van der Waals surface area contributed by atoms with E-state index in [-0.39, 0.29) is 0 Å². The molecule has 0 aliphatic carbocycles. The van der Waals surface area contributed by atoms with E-state index >= 15 is 0 Å². The summed E-state index contributed by atoms with van der Waals surface area (Å²) >= 11 is 0. The highest BCUT2D eigenvalue weighted by molar-refractivity contribution is 5.75. The quantitative estimate of drug-likeness (QED) is 0.605. The van der Waals surface area contributed by atoms with Crippen LogP contribution in [-0.4, -0.2) is 30.8 Å². The molecule has 0 aliphatic rings. The maximum atomic E-state index is 10.7. The van der Waals surface area contributed by atoms with Crippen molar-refractivity contribution in [3.05, 3.63) is 0 Å². The van der Waals surface area contributed by atoms with Crippen LogP contribution in [0.1, 0.15) is 33.1 Å². The van der Waals surface area contributed by atoms with Gasteiger partial charge in [0.05, 0.1) is 0 Å². The molecule has 66 valence electrons. The summed E-state index contributed by atoms with van der Waals surface area (Å²) in [6.07, 6.45) is 2.84. The van der Waals surface area contributed by atoms with Gasteiger partial charge < -0.3 is 9.69 Å². The Hall–Kier alpha value is -0.370. The maximum Gasteiger partial charge on any atom is 0.129 e. The van der Waals surface area contributed by atoms with E-state index in [9.17, 15) is 4.79 Å². The third-order valence-corrected chi connectivity index (χ3v) is 2.03. The highest BCUT2D eigenvalue weighted by Crippen LogP contribution is 2.07. The molecule has 0 fully saturated rings. The molecule has 0 saturated carbocycles. The SMILES string of the molecule is CCC(CCC(C)=O)N(C)C. The fourth-order valence-corrected chi connectivity index (χ4v) is 1.20. The predicted molar refractivity (Wildman–Crippen MR) is 47.7 cm³/mol. The smallest absolute Gasteiger partial charge is 0.129 e. The number of hydrogen-bond acceptors (Lipinski definition) is 2. The molecular formula is C9H19NO. The first-order valence-electron chi connectivity index (χ1n) is 4.23. The summed E-state index contributed by atoms with van der Waals surface area (Å²) in [5.41, 5.74) is 0. The molecular weight excluding hydrogens is 138 g/mol. The molecule has 2 nitrogen and oxygen atoms in total. The molecule has 0 bridgehead atoms. The van der Waals surface area contributed by atoms with Crippen LogP contribution < -0.4 is 0 Å². The average Bonchev–Trinajstić information content (AvgIpc) is 1.87. The highest BCUT2D eigenvalue weighted by atomic mass is 16.1. The molecule has 1 unspecified atom stereocenters. The summed E-state index contributed by atoms with van der Waals surface area (Å²) < 4.78 is 0. The van der Waals surface area contributed by atoms with Crippen LogP contribution in [0.3, 0.4) is 0 Å². The molecule has 0 aromatic heterocycles. The zero-order chi connectivity index (χ0) is 8.85. The lowest BCUT2D eigenvalue weighted by Crippen LogP contribution is -2.27. The number of hydrogen-bond donors (Lipinski definition) is 0. The standard InChI is InChI=1S/C9H19NO/c1-5-9(10(3)4)7-6-8(2)11/h9H,5-7H2,1-4H3. The van der Waals surface area contributed by atoms with Gasteiger partial charge in [-0.05, 0) is 33.9 Å². The van der Waals surface area contributed by atoms with Crippen LogP contribution in [0.15, 0.2) is 0 Å². The summed E-state index contributed by atoms with van der Waals surface area (Å²) in [7, 11) is 4.13. The van der Waals surface area contributed by atoms with E-state index in [1.807, 2.05) is 0 Å². The van der Waals surface area contributed by atoms with E-state index in [0.717, 1.165) is 19.3 Å². The van der Waals surface area contributed by atoms with E-state index in [0.29, 0.717) is 11.8 Å². The Bertz CT molecular complexity index is 121. The second-order valence-electron chi connectivity index (χ2n) is 3.27. The molecule has 0 radical (unpaired) electrons. The second-order valence-corrected chi connectivity index (χ2v) is 3.27. The van der Waals surface area contributed by atoms with Gasteiger partial charge in [-0.25, -0.2) is 0 Å². The Labute approximate surface area is 69.6 Å². The first-order chi connectivity index (χ1) is 5.07. The van der Waals surface area contributed by atoms with Crippen molar-refractivity contribution in [2.24, 2.45) is 0 Å². The van der Waals surface area contributed by atoms with Crippen LogP contribution in [0, 0.1) is 0 Å². The number of carbonyl (C=O) groups excluding carboxylic acids is 1. The van der Waals surface area contributed by atoms with E-state index in [2.05, 4.69) is 25.9 Å². The number of carbonyl (C=O) groups is 1. The Morgan fingerprint density at radius 3 is 2.27 bits per heavy atom. The molecule has 0 aromatic rings. The molecule has 11 heavy (non-hydrogen) atoms. The summed E-state index contributed by atoms with van der Waals surface area (Å²) in [6.45, 7) is 3.81. The van der Waals surface area contributed by atoms with Gasteiger partial charge in [-0.15, -0.1) is 0 Å². The minimum absolute atomic E-state index is 0.297. The fraction of sp³-hybridized carbons (Fsp3) is 0.889. The lowest BCUT2D eigenvalue weighted by atomic mass is 10.1. The second kappa shape index (κ2) is 5.30. The largest absolute Gasteiger partial charge is 0.306 e. The zero-order valence-electron chi connectivity index (χ0n) is 8.05. The molecule has 0 aromatic carbocycles. The summed E-state index contributed by atoms with van der Waals surface area (Å²) in [6, 6.07) is 0.568. The van der Waals surface area contributed by atoms with Gasteiger partial charge in [-0.2, -0.15) is 0 Å². The van der Waals surface area contributed by atoms with Gasteiger partial charge in [0.2, 0.25) is 0 Å². The van der Waals surface area contributed by atoms with Gasteiger partial charge in [-0.3, -0.25) is 0 Å². The average molecular weight is 157 g/mol. The first kappa shape index (κ1) is 10.6. The number of ketones is 1. The third-order valence-electron chi connectivity index (χ3n) is 2.03. The van der Waals surface area contributed by atoms with E-state index in [1.54, 1.807) is 6.92 Å². The van der Waals surface area contributed by atoms with Gasteiger partial charge in [-0.1, -0.05) is 6.92 Å². The highest BCUT2D eigenvalue weighted by Gasteiger charge is 2.08. The molecule has 1 atom stereocenters. The molecule has 0 amide bonds. The third kappa shape index (κ3) is 4.96. The summed E-state index contributed by atoms with van der Waals surface area (Å²) in [4.78, 5) is 12.9. The Kier molecular flexibility index (Phi) is 5.12. The van der Waals surface area contributed by atoms with Crippen molar-refractivity contribution < 1.29 is 4.79 Å². The molecule has 0 rings (SSSR count). The molecule has 0 heterocycles. The topological polar surface area (TPSA) is 20.3 Å². The minimum atomic E-state index is 0.297. The Balaban J connectivity index is 3.61. The van der Waals surface area contributed by atoms with Gasteiger partial charge in [0, 0.05) is 12.5 Å². The van der Waals surface area contributed by atoms with Crippen molar-refractivity contribution in [1.29, 1.82) is 0 Å². The van der Waals surface area contributed by atoms with Crippen LogP contribution in [0.4, 0.5) is 0 Å². The fourth-order valence-electron chi connectivity index (χ4n) is 1.20. The maximum absolute atomic E-state index is 10.7. The Morgan fingerprint density at radius 1 is 1.45 bits per heavy atom. The Morgan fingerprint density at radius 2 is 2.00 bits per heavy atom. The van der Waals surface area contributed by atoms with Crippen molar-refractivity contribution in [2.75, 3.05) is 14.1 Å². The van der Waals surface area contributed by atoms with Gasteiger partial charge in [0.25, 0.3) is 0 Å². The van der Waals surface area contributed by atoms with Crippen LogP contribution in [0.25, 0.3) is 0 Å². The number of nitrogens with zero attached hydrogens (tertiary/aromatic N) is 1. The normalized spacial score (nSPS) is 13.5. The monoisotopic (exact) mass is 157 g/mol. The van der Waals surface area contributed by atoms with Gasteiger partial charge in [0.15, 0.2) is 0 Å². The van der Waals surface area contributed by atoms with Crippen molar-refractivity contribution >= 4 is 5.78 Å². The molecule has 0 spiro atoms.